The maximum Gasteiger partial charge on any atom is 0.157 e. The summed E-state index contributed by atoms with van der Waals surface area (Å²) in [7, 11) is 0. The van der Waals surface area contributed by atoms with E-state index in [1.807, 2.05) is 6.07 Å². The van der Waals surface area contributed by atoms with E-state index in [9.17, 15) is 5.11 Å². The van der Waals surface area contributed by atoms with Crippen LogP contribution in [-0.2, 0) is 6.42 Å². The Kier molecular flexibility index (Phi) is 3.39. The van der Waals surface area contributed by atoms with E-state index in [1.165, 1.54) is 6.07 Å². The van der Waals surface area contributed by atoms with E-state index in [1.54, 1.807) is 6.07 Å². The summed E-state index contributed by atoms with van der Waals surface area (Å²) in [5, 5.41) is 18.4. The molecule has 0 fully saturated rings. The van der Waals surface area contributed by atoms with Crippen molar-refractivity contribution < 1.29 is 10.2 Å². The number of aromatic hydroxyl groups is 2. The van der Waals surface area contributed by atoms with Crippen LogP contribution in [-0.4, -0.2) is 10.2 Å². The van der Waals surface area contributed by atoms with E-state index in [4.69, 9.17) is 5.11 Å². The second-order valence-electron chi connectivity index (χ2n) is 3.98. The Labute approximate surface area is 85.2 Å². The lowest BCUT2D eigenvalue weighted by Crippen LogP contribution is -2.07. The van der Waals surface area contributed by atoms with Gasteiger partial charge < -0.3 is 10.2 Å². The first-order valence-electron chi connectivity index (χ1n) is 4.84. The van der Waals surface area contributed by atoms with Crippen molar-refractivity contribution in [3.05, 3.63) is 30.7 Å². The number of benzene rings is 1. The van der Waals surface area contributed by atoms with Crippen LogP contribution in [0, 0.1) is 18.8 Å². The Bertz CT molecular complexity index is 305. The number of phenolic OH excluding ortho intramolecular Hbond substituents is 2. The number of rotatable bonds is 3. The fourth-order valence-corrected chi connectivity index (χ4v) is 1.27. The third-order valence-electron chi connectivity index (χ3n) is 2.57. The largest absolute Gasteiger partial charge is 0.504 e. The minimum absolute atomic E-state index is 0.0496. The van der Waals surface area contributed by atoms with Crippen molar-refractivity contribution in [3.8, 4) is 11.5 Å². The standard InChI is InChI=1S/C12H17O2/c1-8(2)9(3)6-10-4-5-11(13)12(14)7-10/h4-5,7-9,13-14H,1,6H2,2-3H3. The summed E-state index contributed by atoms with van der Waals surface area (Å²) in [4.78, 5) is 0. The molecule has 0 heterocycles. The smallest absolute Gasteiger partial charge is 0.157 e. The minimum atomic E-state index is -0.0657. The molecule has 0 aromatic heterocycles. The minimum Gasteiger partial charge on any atom is -0.504 e. The summed E-state index contributed by atoms with van der Waals surface area (Å²) < 4.78 is 0. The lowest BCUT2D eigenvalue weighted by atomic mass is 9.91. The molecule has 1 aromatic rings. The van der Waals surface area contributed by atoms with Gasteiger partial charge in [-0.2, -0.15) is 0 Å². The third kappa shape index (κ3) is 2.66. The molecule has 0 saturated carbocycles. The van der Waals surface area contributed by atoms with Gasteiger partial charge in [-0.15, -0.1) is 0 Å². The molecule has 0 aliphatic carbocycles. The monoisotopic (exact) mass is 193 g/mol. The molecule has 0 spiro atoms. The first-order chi connectivity index (χ1) is 6.50. The van der Waals surface area contributed by atoms with Gasteiger partial charge in [0.15, 0.2) is 11.5 Å². The molecule has 14 heavy (non-hydrogen) atoms. The van der Waals surface area contributed by atoms with Gasteiger partial charge in [-0.25, -0.2) is 0 Å². The fraction of sp³-hybridized carbons (Fsp3) is 0.417. The molecule has 2 N–H and O–H groups in total. The first kappa shape index (κ1) is 10.9. The van der Waals surface area contributed by atoms with E-state index in [2.05, 4.69) is 20.8 Å². The van der Waals surface area contributed by atoms with Crippen molar-refractivity contribution >= 4 is 0 Å². The van der Waals surface area contributed by atoms with E-state index in [0.717, 1.165) is 12.0 Å². The molecular weight excluding hydrogens is 176 g/mol. The first-order valence-corrected chi connectivity index (χ1v) is 4.84. The zero-order valence-electron chi connectivity index (χ0n) is 8.70. The quantitative estimate of drug-likeness (QED) is 0.725. The highest BCUT2D eigenvalue weighted by Crippen LogP contribution is 2.27. The maximum atomic E-state index is 9.29. The van der Waals surface area contributed by atoms with Gasteiger partial charge in [0.05, 0.1) is 0 Å². The molecule has 0 bridgehead atoms. The van der Waals surface area contributed by atoms with Crippen LogP contribution < -0.4 is 0 Å². The second-order valence-corrected chi connectivity index (χ2v) is 3.98. The van der Waals surface area contributed by atoms with Crippen molar-refractivity contribution in [3.63, 3.8) is 0 Å². The zero-order valence-corrected chi connectivity index (χ0v) is 8.70. The summed E-state index contributed by atoms with van der Waals surface area (Å²) in [5.74, 6) is 0.736. The van der Waals surface area contributed by atoms with Gasteiger partial charge in [0.1, 0.15) is 0 Å². The predicted molar refractivity (Wildman–Crippen MR) is 57.2 cm³/mol. The van der Waals surface area contributed by atoms with Crippen LogP contribution in [0.15, 0.2) is 18.2 Å². The Morgan fingerprint density at radius 1 is 1.21 bits per heavy atom. The molecule has 2 atom stereocenters. The second kappa shape index (κ2) is 4.36. The van der Waals surface area contributed by atoms with Gasteiger partial charge in [0.25, 0.3) is 0 Å². The van der Waals surface area contributed by atoms with Gasteiger partial charge in [0.2, 0.25) is 0 Å². The summed E-state index contributed by atoms with van der Waals surface area (Å²) in [5.41, 5.74) is 1.03. The Balaban J connectivity index is 2.73. The molecule has 0 aliphatic heterocycles. The summed E-state index contributed by atoms with van der Waals surface area (Å²) >= 11 is 0. The van der Waals surface area contributed by atoms with Gasteiger partial charge >= 0.3 is 0 Å². The SMILES string of the molecule is [CH2]C(C)C(C)Cc1ccc(O)c(O)c1. The van der Waals surface area contributed by atoms with Crippen molar-refractivity contribution in [2.75, 3.05) is 0 Å². The van der Waals surface area contributed by atoms with Crippen LogP contribution in [0.2, 0.25) is 0 Å². The highest BCUT2D eigenvalue weighted by Gasteiger charge is 2.09. The van der Waals surface area contributed by atoms with E-state index in [0.29, 0.717) is 11.8 Å². The average molecular weight is 193 g/mol. The van der Waals surface area contributed by atoms with E-state index < -0.39 is 0 Å². The van der Waals surface area contributed by atoms with Gasteiger partial charge in [-0.3, -0.25) is 0 Å². The molecule has 0 saturated heterocycles. The number of hydrogen-bond donors (Lipinski definition) is 2. The molecule has 1 rings (SSSR count). The molecular formula is C12H17O2. The molecule has 2 unspecified atom stereocenters. The highest BCUT2D eigenvalue weighted by atomic mass is 16.3. The topological polar surface area (TPSA) is 40.5 Å². The molecule has 0 aliphatic rings. The van der Waals surface area contributed by atoms with Crippen molar-refractivity contribution in [2.24, 2.45) is 11.8 Å². The summed E-state index contributed by atoms with van der Waals surface area (Å²) in [6.45, 7) is 8.16. The molecule has 2 nitrogen and oxygen atoms in total. The molecule has 2 heteroatoms. The number of hydrogen-bond acceptors (Lipinski definition) is 2. The Morgan fingerprint density at radius 2 is 1.86 bits per heavy atom. The van der Waals surface area contributed by atoms with E-state index >= 15 is 0 Å². The summed E-state index contributed by atoms with van der Waals surface area (Å²) in [6, 6.07) is 4.95. The average Bonchev–Trinajstić information content (AvgIpc) is 2.11. The van der Waals surface area contributed by atoms with Gasteiger partial charge in [0, 0.05) is 0 Å². The van der Waals surface area contributed by atoms with Crippen LogP contribution >= 0.6 is 0 Å². The van der Waals surface area contributed by atoms with Crippen LogP contribution in [0.4, 0.5) is 0 Å². The lowest BCUT2D eigenvalue weighted by molar-refractivity contribution is 0.401. The van der Waals surface area contributed by atoms with Crippen LogP contribution in [0.1, 0.15) is 19.4 Å². The normalized spacial score (nSPS) is 13.1. The highest BCUT2D eigenvalue weighted by molar-refractivity contribution is 5.40. The van der Waals surface area contributed by atoms with Gasteiger partial charge in [-0.05, 0) is 36.0 Å². The van der Waals surface area contributed by atoms with Crippen LogP contribution in [0.3, 0.4) is 0 Å². The molecule has 1 radical (unpaired) electrons. The van der Waals surface area contributed by atoms with Crippen LogP contribution in [0.5, 0.6) is 11.5 Å². The Hall–Kier alpha value is -1.18. The van der Waals surface area contributed by atoms with Crippen LogP contribution in [0.25, 0.3) is 0 Å². The number of phenols is 2. The third-order valence-corrected chi connectivity index (χ3v) is 2.57. The zero-order chi connectivity index (χ0) is 10.7. The van der Waals surface area contributed by atoms with E-state index in [-0.39, 0.29) is 11.5 Å². The lowest BCUT2D eigenvalue weighted by Gasteiger charge is -2.15. The molecule has 77 valence electrons. The fourth-order valence-electron chi connectivity index (χ4n) is 1.27. The summed E-state index contributed by atoms with van der Waals surface area (Å²) in [6.07, 6.45) is 0.874. The molecule has 0 amide bonds. The Morgan fingerprint density at radius 3 is 2.36 bits per heavy atom. The predicted octanol–water partition coefficient (Wildman–Crippen LogP) is 2.75. The van der Waals surface area contributed by atoms with Crippen molar-refractivity contribution in [1.29, 1.82) is 0 Å². The van der Waals surface area contributed by atoms with Gasteiger partial charge in [-0.1, -0.05) is 26.8 Å². The molecule has 1 aromatic carbocycles. The van der Waals surface area contributed by atoms with Crippen molar-refractivity contribution in [1.82, 2.24) is 0 Å². The van der Waals surface area contributed by atoms with Crippen molar-refractivity contribution in [2.45, 2.75) is 20.3 Å². The maximum absolute atomic E-state index is 9.29.